The molecule has 1 unspecified atom stereocenters. The number of hydrogen-bond donors (Lipinski definition) is 1. The van der Waals surface area contributed by atoms with Crippen molar-refractivity contribution in [1.82, 2.24) is 10.2 Å². The summed E-state index contributed by atoms with van der Waals surface area (Å²) in [5.74, 6) is 0. The summed E-state index contributed by atoms with van der Waals surface area (Å²) in [7, 11) is 3.94. The average molecular weight is 230 g/mol. The summed E-state index contributed by atoms with van der Waals surface area (Å²) in [5.41, 5.74) is 0.252. The molecule has 0 amide bonds. The number of rotatable bonds is 9. The molecule has 0 bridgehead atoms. The first-order valence-electron chi connectivity index (χ1n) is 6.37. The number of methoxy groups -OCH3 is 1. The van der Waals surface area contributed by atoms with Gasteiger partial charge in [-0.2, -0.15) is 0 Å². The fraction of sp³-hybridized carbons (Fsp3) is 1.00. The summed E-state index contributed by atoms with van der Waals surface area (Å²) < 4.78 is 5.06. The Morgan fingerprint density at radius 1 is 1.38 bits per heavy atom. The van der Waals surface area contributed by atoms with Gasteiger partial charge in [-0.1, -0.05) is 6.92 Å². The first-order chi connectivity index (χ1) is 7.43. The Bertz CT molecular complexity index is 171. The predicted octanol–water partition coefficient (Wildman–Crippen LogP) is 2.12. The van der Waals surface area contributed by atoms with Crippen LogP contribution < -0.4 is 5.32 Å². The molecule has 0 aromatic rings. The Morgan fingerprint density at radius 3 is 2.50 bits per heavy atom. The lowest BCUT2D eigenvalue weighted by molar-refractivity contribution is 0.164. The molecular formula is C13H30N2O. The monoisotopic (exact) mass is 230 g/mol. The van der Waals surface area contributed by atoms with E-state index in [4.69, 9.17) is 4.74 Å². The van der Waals surface area contributed by atoms with E-state index in [0.717, 1.165) is 32.5 Å². The van der Waals surface area contributed by atoms with E-state index >= 15 is 0 Å². The molecule has 0 aliphatic rings. The molecule has 0 aliphatic carbocycles. The van der Waals surface area contributed by atoms with Crippen LogP contribution in [0.15, 0.2) is 0 Å². The van der Waals surface area contributed by atoms with Gasteiger partial charge < -0.3 is 15.0 Å². The molecule has 3 heteroatoms. The van der Waals surface area contributed by atoms with E-state index < -0.39 is 0 Å². The molecule has 16 heavy (non-hydrogen) atoms. The average Bonchev–Trinajstić information content (AvgIpc) is 2.26. The van der Waals surface area contributed by atoms with Crippen LogP contribution in [0.3, 0.4) is 0 Å². The number of nitrogens with zero attached hydrogens (tertiary/aromatic N) is 1. The second-order valence-electron chi connectivity index (χ2n) is 5.29. The molecule has 1 N–H and O–H groups in total. The van der Waals surface area contributed by atoms with Crippen LogP contribution in [0.4, 0.5) is 0 Å². The van der Waals surface area contributed by atoms with Gasteiger partial charge in [0.2, 0.25) is 0 Å². The summed E-state index contributed by atoms with van der Waals surface area (Å²) >= 11 is 0. The van der Waals surface area contributed by atoms with Crippen molar-refractivity contribution in [3.05, 3.63) is 0 Å². The quantitative estimate of drug-likeness (QED) is 0.614. The zero-order chi connectivity index (χ0) is 12.6. The number of nitrogens with one attached hydrogen (secondary N) is 1. The summed E-state index contributed by atoms with van der Waals surface area (Å²) in [6, 6.07) is 0.572. The summed E-state index contributed by atoms with van der Waals surface area (Å²) in [6.45, 7) is 12.0. The van der Waals surface area contributed by atoms with E-state index in [2.05, 4.69) is 45.0 Å². The summed E-state index contributed by atoms with van der Waals surface area (Å²) in [5, 5.41) is 3.61. The standard InChI is InChI=1S/C13H30N2O/c1-7-13(3,4)14-11-12(2)15(5)9-8-10-16-6/h12,14H,7-11H2,1-6H3. The lowest BCUT2D eigenvalue weighted by atomic mass is 10.0. The highest BCUT2D eigenvalue weighted by Gasteiger charge is 2.16. The molecule has 0 heterocycles. The lowest BCUT2D eigenvalue weighted by Crippen LogP contribution is -2.46. The Morgan fingerprint density at radius 2 is 2.00 bits per heavy atom. The van der Waals surface area contributed by atoms with Crippen LogP contribution >= 0.6 is 0 Å². The molecule has 0 radical (unpaired) electrons. The van der Waals surface area contributed by atoms with Crippen LogP contribution in [-0.2, 0) is 4.74 Å². The molecule has 0 saturated carbocycles. The van der Waals surface area contributed by atoms with Gasteiger partial charge in [0.15, 0.2) is 0 Å². The van der Waals surface area contributed by atoms with Crippen LogP contribution in [0.2, 0.25) is 0 Å². The lowest BCUT2D eigenvalue weighted by Gasteiger charge is -2.30. The van der Waals surface area contributed by atoms with Crippen LogP contribution in [0.25, 0.3) is 0 Å². The molecule has 0 aromatic heterocycles. The van der Waals surface area contributed by atoms with Gasteiger partial charge in [-0.3, -0.25) is 0 Å². The second-order valence-corrected chi connectivity index (χ2v) is 5.29. The first kappa shape index (κ1) is 15.9. The van der Waals surface area contributed by atoms with Gasteiger partial charge in [0, 0.05) is 38.4 Å². The molecule has 98 valence electrons. The highest BCUT2D eigenvalue weighted by molar-refractivity contribution is 4.78. The van der Waals surface area contributed by atoms with Gasteiger partial charge in [-0.05, 0) is 40.7 Å². The highest BCUT2D eigenvalue weighted by atomic mass is 16.5. The third kappa shape index (κ3) is 7.20. The highest BCUT2D eigenvalue weighted by Crippen LogP contribution is 2.07. The Labute approximate surface area is 102 Å². The summed E-state index contributed by atoms with van der Waals surface area (Å²) in [4.78, 5) is 2.39. The molecular weight excluding hydrogens is 200 g/mol. The molecule has 0 fully saturated rings. The van der Waals surface area contributed by atoms with Gasteiger partial charge in [0.1, 0.15) is 0 Å². The van der Waals surface area contributed by atoms with Crippen molar-refractivity contribution < 1.29 is 4.74 Å². The van der Waals surface area contributed by atoms with Crippen molar-refractivity contribution in [2.75, 3.05) is 33.9 Å². The van der Waals surface area contributed by atoms with Crippen LogP contribution in [-0.4, -0.2) is 50.3 Å². The summed E-state index contributed by atoms with van der Waals surface area (Å²) in [6.07, 6.45) is 2.27. The zero-order valence-corrected chi connectivity index (χ0v) is 12.0. The van der Waals surface area contributed by atoms with Gasteiger partial charge in [-0.25, -0.2) is 0 Å². The van der Waals surface area contributed by atoms with Crippen LogP contribution in [0.1, 0.15) is 40.5 Å². The molecule has 0 rings (SSSR count). The smallest absolute Gasteiger partial charge is 0.0474 e. The van der Waals surface area contributed by atoms with E-state index in [1.165, 1.54) is 0 Å². The van der Waals surface area contributed by atoms with E-state index in [1.807, 2.05) is 0 Å². The normalized spacial score (nSPS) is 14.4. The van der Waals surface area contributed by atoms with Crippen molar-refractivity contribution >= 4 is 0 Å². The Balaban J connectivity index is 3.74. The van der Waals surface area contributed by atoms with Crippen molar-refractivity contribution in [1.29, 1.82) is 0 Å². The fourth-order valence-corrected chi connectivity index (χ4v) is 1.38. The first-order valence-corrected chi connectivity index (χ1v) is 6.37. The van der Waals surface area contributed by atoms with E-state index in [0.29, 0.717) is 6.04 Å². The van der Waals surface area contributed by atoms with E-state index in [1.54, 1.807) is 7.11 Å². The largest absolute Gasteiger partial charge is 0.385 e. The Hall–Kier alpha value is -0.120. The third-order valence-corrected chi connectivity index (χ3v) is 3.37. The van der Waals surface area contributed by atoms with E-state index in [9.17, 15) is 0 Å². The number of ether oxygens (including phenoxy) is 1. The van der Waals surface area contributed by atoms with Crippen LogP contribution in [0, 0.1) is 0 Å². The third-order valence-electron chi connectivity index (χ3n) is 3.37. The fourth-order valence-electron chi connectivity index (χ4n) is 1.38. The number of likely N-dealkylation sites (N-methyl/N-ethyl adjacent to an activating group) is 1. The van der Waals surface area contributed by atoms with Crippen LogP contribution in [0.5, 0.6) is 0 Å². The topological polar surface area (TPSA) is 24.5 Å². The number of hydrogen-bond acceptors (Lipinski definition) is 3. The minimum absolute atomic E-state index is 0.252. The molecule has 0 aromatic carbocycles. The molecule has 0 aliphatic heterocycles. The maximum atomic E-state index is 5.06. The molecule has 1 atom stereocenters. The SMILES string of the molecule is CCC(C)(C)NCC(C)N(C)CCCOC. The van der Waals surface area contributed by atoms with Crippen molar-refractivity contribution in [2.24, 2.45) is 0 Å². The van der Waals surface area contributed by atoms with Gasteiger partial charge in [0.05, 0.1) is 0 Å². The van der Waals surface area contributed by atoms with Gasteiger partial charge >= 0.3 is 0 Å². The predicted molar refractivity (Wildman–Crippen MR) is 71.0 cm³/mol. The van der Waals surface area contributed by atoms with Crippen molar-refractivity contribution in [2.45, 2.75) is 52.1 Å². The molecule has 0 saturated heterocycles. The minimum atomic E-state index is 0.252. The van der Waals surface area contributed by atoms with E-state index in [-0.39, 0.29) is 5.54 Å². The minimum Gasteiger partial charge on any atom is -0.385 e. The zero-order valence-electron chi connectivity index (χ0n) is 12.0. The Kier molecular flexibility index (Phi) is 7.98. The van der Waals surface area contributed by atoms with Crippen molar-refractivity contribution in [3.8, 4) is 0 Å². The van der Waals surface area contributed by atoms with Gasteiger partial charge in [0.25, 0.3) is 0 Å². The maximum absolute atomic E-state index is 5.06. The molecule has 0 spiro atoms. The van der Waals surface area contributed by atoms with Crippen molar-refractivity contribution in [3.63, 3.8) is 0 Å². The maximum Gasteiger partial charge on any atom is 0.0474 e. The second kappa shape index (κ2) is 8.04. The molecule has 3 nitrogen and oxygen atoms in total. The van der Waals surface area contributed by atoms with Gasteiger partial charge in [-0.15, -0.1) is 0 Å².